The molecule has 0 saturated heterocycles. The van der Waals surface area contributed by atoms with Gasteiger partial charge in [0, 0.05) is 32.1 Å². The predicted molar refractivity (Wildman–Crippen MR) is 123 cm³/mol. The number of unbranched alkanes of at least 4 members (excludes halogenated alkanes) is 2. The van der Waals surface area contributed by atoms with E-state index in [1.807, 2.05) is 17.0 Å². The summed E-state index contributed by atoms with van der Waals surface area (Å²) in [6.45, 7) is 5.67. The number of amides is 3. The van der Waals surface area contributed by atoms with Gasteiger partial charge < -0.3 is 14.7 Å². The fourth-order valence-corrected chi connectivity index (χ4v) is 5.05. The number of carbonyl (C=O) groups excluding carboxylic acids is 2. The Morgan fingerprint density at radius 3 is 2.60 bits per heavy atom. The SMILES string of the molecule is CCCCCN(CC(=O)N1CCc2sccc2[C@@H]1c1ccccc1C)C(=O)N(C)C. The van der Waals surface area contributed by atoms with Crippen LogP contribution >= 0.6 is 11.3 Å². The first kappa shape index (κ1) is 22.3. The van der Waals surface area contributed by atoms with Gasteiger partial charge in [0.2, 0.25) is 5.91 Å². The van der Waals surface area contributed by atoms with Crippen molar-refractivity contribution in [2.45, 2.75) is 45.6 Å². The molecular formula is C24H33N3O2S. The fraction of sp³-hybridized carbons (Fsp3) is 0.500. The Morgan fingerprint density at radius 2 is 1.90 bits per heavy atom. The maximum atomic E-state index is 13.5. The number of thiophene rings is 1. The van der Waals surface area contributed by atoms with E-state index in [-0.39, 0.29) is 24.5 Å². The van der Waals surface area contributed by atoms with Crippen LogP contribution in [0.3, 0.4) is 0 Å². The minimum absolute atomic E-state index is 0.0202. The summed E-state index contributed by atoms with van der Waals surface area (Å²) in [4.78, 5) is 32.8. The maximum Gasteiger partial charge on any atom is 0.319 e. The average molecular weight is 428 g/mol. The largest absolute Gasteiger partial charge is 0.331 e. The Bertz CT molecular complexity index is 877. The number of hydrogen-bond acceptors (Lipinski definition) is 3. The summed E-state index contributed by atoms with van der Waals surface area (Å²) in [5, 5.41) is 2.12. The molecule has 1 aliphatic heterocycles. The predicted octanol–water partition coefficient (Wildman–Crippen LogP) is 4.70. The summed E-state index contributed by atoms with van der Waals surface area (Å²) in [6.07, 6.45) is 3.93. The van der Waals surface area contributed by atoms with Crippen molar-refractivity contribution in [2.24, 2.45) is 0 Å². The standard InChI is InChI=1S/C24H33N3O2S/c1-5-6-9-14-26(24(29)25(3)4)17-22(28)27-15-12-21-20(13-16-30-21)23(27)19-11-8-7-10-18(19)2/h7-8,10-11,13,16,23H,5-6,9,12,14-15,17H2,1-4H3/t23-/m0/s1. The van der Waals surface area contributed by atoms with Crippen molar-refractivity contribution in [1.29, 1.82) is 0 Å². The van der Waals surface area contributed by atoms with Gasteiger partial charge in [-0.05, 0) is 47.9 Å². The molecule has 0 N–H and O–H groups in total. The zero-order valence-electron chi connectivity index (χ0n) is 18.6. The molecule has 1 aromatic heterocycles. The molecule has 0 saturated carbocycles. The van der Waals surface area contributed by atoms with Gasteiger partial charge in [-0.25, -0.2) is 4.79 Å². The Morgan fingerprint density at radius 1 is 1.13 bits per heavy atom. The molecule has 30 heavy (non-hydrogen) atoms. The second-order valence-electron chi connectivity index (χ2n) is 8.20. The van der Waals surface area contributed by atoms with Crippen molar-refractivity contribution < 1.29 is 9.59 Å². The molecule has 0 fully saturated rings. The van der Waals surface area contributed by atoms with Crippen molar-refractivity contribution in [2.75, 3.05) is 33.7 Å². The van der Waals surface area contributed by atoms with Crippen molar-refractivity contribution >= 4 is 23.3 Å². The molecular weight excluding hydrogens is 394 g/mol. The molecule has 5 nitrogen and oxygen atoms in total. The smallest absolute Gasteiger partial charge is 0.319 e. The van der Waals surface area contributed by atoms with Crippen molar-refractivity contribution in [3.63, 3.8) is 0 Å². The van der Waals surface area contributed by atoms with Crippen LogP contribution < -0.4 is 0 Å². The molecule has 2 aromatic rings. The molecule has 1 aromatic carbocycles. The maximum absolute atomic E-state index is 13.5. The zero-order chi connectivity index (χ0) is 21.7. The summed E-state index contributed by atoms with van der Waals surface area (Å²) in [6, 6.07) is 10.3. The molecule has 2 heterocycles. The normalized spacial score (nSPS) is 15.6. The van der Waals surface area contributed by atoms with Crippen LogP contribution in [-0.2, 0) is 11.2 Å². The van der Waals surface area contributed by atoms with Gasteiger partial charge in [0.25, 0.3) is 0 Å². The van der Waals surface area contributed by atoms with E-state index in [4.69, 9.17) is 0 Å². The minimum atomic E-state index is -0.0971. The zero-order valence-corrected chi connectivity index (χ0v) is 19.4. The van der Waals surface area contributed by atoms with Gasteiger partial charge in [0.1, 0.15) is 6.54 Å². The highest BCUT2D eigenvalue weighted by atomic mass is 32.1. The van der Waals surface area contributed by atoms with Crippen LogP contribution in [0.2, 0.25) is 0 Å². The number of nitrogens with zero attached hydrogens (tertiary/aromatic N) is 3. The first-order valence-corrected chi connectivity index (χ1v) is 11.7. The molecule has 162 valence electrons. The van der Waals surface area contributed by atoms with E-state index in [0.717, 1.165) is 25.7 Å². The molecule has 0 aliphatic carbocycles. The van der Waals surface area contributed by atoms with E-state index in [0.29, 0.717) is 13.1 Å². The van der Waals surface area contributed by atoms with Gasteiger partial charge in [0.15, 0.2) is 0 Å². The van der Waals surface area contributed by atoms with Crippen LogP contribution in [0.5, 0.6) is 0 Å². The fourth-order valence-electron chi connectivity index (χ4n) is 4.15. The van der Waals surface area contributed by atoms with Gasteiger partial charge in [-0.3, -0.25) is 4.79 Å². The number of rotatable bonds is 7. The molecule has 1 atom stereocenters. The number of fused-ring (bicyclic) bond motifs is 1. The third kappa shape index (κ3) is 4.86. The lowest BCUT2D eigenvalue weighted by Crippen LogP contribution is -2.49. The van der Waals surface area contributed by atoms with Gasteiger partial charge >= 0.3 is 6.03 Å². The number of carbonyl (C=O) groups is 2. The van der Waals surface area contributed by atoms with Gasteiger partial charge in [-0.15, -0.1) is 11.3 Å². The van der Waals surface area contributed by atoms with Gasteiger partial charge in [-0.2, -0.15) is 0 Å². The lowest BCUT2D eigenvalue weighted by molar-refractivity contribution is -0.134. The van der Waals surface area contributed by atoms with E-state index in [1.54, 1.807) is 35.2 Å². The first-order valence-electron chi connectivity index (χ1n) is 10.8. The van der Waals surface area contributed by atoms with E-state index < -0.39 is 0 Å². The summed E-state index contributed by atoms with van der Waals surface area (Å²) in [7, 11) is 3.49. The Balaban J connectivity index is 1.87. The number of benzene rings is 1. The van der Waals surface area contributed by atoms with Crippen LogP contribution in [0.4, 0.5) is 4.79 Å². The lowest BCUT2D eigenvalue weighted by atomic mass is 9.90. The van der Waals surface area contributed by atoms with Crippen molar-refractivity contribution in [1.82, 2.24) is 14.7 Å². The second kappa shape index (κ2) is 10.1. The van der Waals surface area contributed by atoms with Crippen LogP contribution in [0, 0.1) is 6.92 Å². The number of aryl methyl sites for hydroxylation is 1. The molecule has 3 amide bonds. The van der Waals surface area contributed by atoms with E-state index in [2.05, 4.69) is 37.4 Å². The third-order valence-electron chi connectivity index (χ3n) is 5.78. The van der Waals surface area contributed by atoms with Crippen molar-refractivity contribution in [3.05, 3.63) is 57.3 Å². The number of hydrogen-bond donors (Lipinski definition) is 0. The van der Waals surface area contributed by atoms with E-state index >= 15 is 0 Å². The van der Waals surface area contributed by atoms with Crippen LogP contribution in [0.25, 0.3) is 0 Å². The minimum Gasteiger partial charge on any atom is -0.331 e. The lowest BCUT2D eigenvalue weighted by Gasteiger charge is -2.38. The van der Waals surface area contributed by atoms with Crippen LogP contribution in [0.1, 0.15) is 53.8 Å². The van der Waals surface area contributed by atoms with Crippen molar-refractivity contribution in [3.8, 4) is 0 Å². The van der Waals surface area contributed by atoms with Crippen LogP contribution in [-0.4, -0.2) is 60.4 Å². The molecule has 0 radical (unpaired) electrons. The average Bonchev–Trinajstić information content (AvgIpc) is 3.21. The highest BCUT2D eigenvalue weighted by Gasteiger charge is 2.34. The highest BCUT2D eigenvalue weighted by molar-refractivity contribution is 7.10. The highest BCUT2D eigenvalue weighted by Crippen LogP contribution is 2.39. The van der Waals surface area contributed by atoms with Gasteiger partial charge in [-0.1, -0.05) is 44.0 Å². The molecule has 0 bridgehead atoms. The summed E-state index contributed by atoms with van der Waals surface area (Å²) < 4.78 is 0. The summed E-state index contributed by atoms with van der Waals surface area (Å²) in [5.74, 6) is 0.0202. The van der Waals surface area contributed by atoms with E-state index in [1.165, 1.54) is 21.6 Å². The first-order chi connectivity index (χ1) is 14.4. The number of urea groups is 1. The Kier molecular flexibility index (Phi) is 7.53. The Hall–Kier alpha value is -2.34. The molecule has 0 unspecified atom stereocenters. The summed E-state index contributed by atoms with van der Waals surface area (Å²) in [5.41, 5.74) is 3.58. The Labute approximate surface area is 184 Å². The summed E-state index contributed by atoms with van der Waals surface area (Å²) >= 11 is 1.77. The quantitative estimate of drug-likeness (QED) is 0.601. The third-order valence-corrected chi connectivity index (χ3v) is 6.78. The van der Waals surface area contributed by atoms with E-state index in [9.17, 15) is 9.59 Å². The van der Waals surface area contributed by atoms with Crippen LogP contribution in [0.15, 0.2) is 35.7 Å². The molecule has 1 aliphatic rings. The topological polar surface area (TPSA) is 43.9 Å². The molecule has 6 heteroatoms. The molecule has 0 spiro atoms. The molecule has 3 rings (SSSR count). The second-order valence-corrected chi connectivity index (χ2v) is 9.20. The van der Waals surface area contributed by atoms with Gasteiger partial charge in [0.05, 0.1) is 6.04 Å². The monoisotopic (exact) mass is 427 g/mol.